The van der Waals surface area contributed by atoms with Crippen molar-refractivity contribution in [1.29, 1.82) is 5.41 Å². The lowest BCUT2D eigenvalue weighted by atomic mass is 10.2. The van der Waals surface area contributed by atoms with Crippen LogP contribution in [-0.2, 0) is 0 Å². The molecule has 0 aliphatic heterocycles. The minimum absolute atomic E-state index is 0.171. The Hall–Kier alpha value is -1.35. The van der Waals surface area contributed by atoms with Gasteiger partial charge < -0.3 is 4.90 Å². The number of halogens is 1. The highest BCUT2D eigenvalue weighted by atomic mass is 35.5. The molecule has 14 heavy (non-hydrogen) atoms. The molecule has 0 amide bonds. The first-order valence-corrected chi connectivity index (χ1v) is 4.54. The summed E-state index contributed by atoms with van der Waals surface area (Å²) < 4.78 is 0. The van der Waals surface area contributed by atoms with Crippen LogP contribution in [-0.4, -0.2) is 30.1 Å². The highest BCUT2D eigenvalue weighted by Crippen LogP contribution is 2.02. The first-order valence-electron chi connectivity index (χ1n) is 4.16. The van der Waals surface area contributed by atoms with Gasteiger partial charge in [0.05, 0.1) is 0 Å². The van der Waals surface area contributed by atoms with Crippen LogP contribution in [0, 0.1) is 5.41 Å². The molecule has 74 valence electrons. The van der Waals surface area contributed by atoms with Gasteiger partial charge >= 0.3 is 0 Å². The van der Waals surface area contributed by atoms with Gasteiger partial charge in [0, 0.05) is 19.7 Å². The second kappa shape index (κ2) is 4.77. The van der Waals surface area contributed by atoms with Crippen molar-refractivity contribution < 1.29 is 0 Å². The van der Waals surface area contributed by atoms with Crippen molar-refractivity contribution in [2.75, 3.05) is 14.1 Å². The largest absolute Gasteiger partial charge is 0.353 e. The van der Waals surface area contributed by atoms with E-state index in [0.29, 0.717) is 5.29 Å². The van der Waals surface area contributed by atoms with Gasteiger partial charge in [-0.25, -0.2) is 4.99 Å². The Morgan fingerprint density at radius 2 is 1.86 bits per heavy atom. The van der Waals surface area contributed by atoms with E-state index in [4.69, 9.17) is 17.0 Å². The lowest BCUT2D eigenvalue weighted by Gasteiger charge is -2.08. The van der Waals surface area contributed by atoms with Gasteiger partial charge in [-0.05, 0) is 11.6 Å². The molecule has 0 saturated carbocycles. The summed E-state index contributed by atoms with van der Waals surface area (Å²) in [6, 6.07) is 9.28. The van der Waals surface area contributed by atoms with Crippen LogP contribution in [0.25, 0.3) is 0 Å². The van der Waals surface area contributed by atoms with Gasteiger partial charge in [0.1, 0.15) is 0 Å². The molecule has 0 radical (unpaired) electrons. The molecule has 0 saturated heterocycles. The Bertz CT molecular complexity index is 344. The van der Waals surface area contributed by atoms with Crippen LogP contribution < -0.4 is 0 Å². The summed E-state index contributed by atoms with van der Waals surface area (Å²) in [6.45, 7) is 0. The van der Waals surface area contributed by atoms with Gasteiger partial charge in [0.2, 0.25) is 0 Å². The third-order valence-corrected chi connectivity index (χ3v) is 2.04. The molecule has 0 aliphatic rings. The maximum atomic E-state index is 7.65. The zero-order chi connectivity index (χ0) is 10.6. The van der Waals surface area contributed by atoms with E-state index in [1.54, 1.807) is 19.0 Å². The van der Waals surface area contributed by atoms with Crippen molar-refractivity contribution in [2.24, 2.45) is 4.99 Å². The number of nitrogens with one attached hydrogen (secondary N) is 1. The molecule has 1 N–H and O–H groups in total. The fourth-order valence-electron chi connectivity index (χ4n) is 0.853. The van der Waals surface area contributed by atoms with Crippen molar-refractivity contribution in [3.63, 3.8) is 0 Å². The first kappa shape index (κ1) is 10.7. The average molecular weight is 210 g/mol. The van der Waals surface area contributed by atoms with Gasteiger partial charge in [0.25, 0.3) is 0 Å². The molecule has 1 aromatic carbocycles. The van der Waals surface area contributed by atoms with Crippen molar-refractivity contribution in [3.05, 3.63) is 35.9 Å². The minimum Gasteiger partial charge on any atom is -0.353 e. The Morgan fingerprint density at radius 1 is 1.29 bits per heavy atom. The number of rotatable bonds is 1. The summed E-state index contributed by atoms with van der Waals surface area (Å²) in [7, 11) is 3.56. The number of aliphatic imine (C=N–C) groups is 1. The molecule has 4 heteroatoms. The maximum absolute atomic E-state index is 7.65. The standard InChI is InChI=1S/C10H12ClN3/c1-14(2)10(11)13-9(12)8-6-4-3-5-7-8/h3-7,12H,1-2H3/b12-9?,13-10-. The minimum atomic E-state index is 0.171. The van der Waals surface area contributed by atoms with Crippen LogP contribution in [0.1, 0.15) is 5.56 Å². The average Bonchev–Trinajstić information content (AvgIpc) is 2.19. The summed E-state index contributed by atoms with van der Waals surface area (Å²) >= 11 is 5.80. The molecule has 0 bridgehead atoms. The normalized spacial score (nSPS) is 11.2. The Labute approximate surface area is 88.5 Å². The van der Waals surface area contributed by atoms with Crippen LogP contribution in [0.15, 0.2) is 35.3 Å². The van der Waals surface area contributed by atoms with E-state index in [1.807, 2.05) is 30.3 Å². The summed E-state index contributed by atoms with van der Waals surface area (Å²) in [4.78, 5) is 5.59. The van der Waals surface area contributed by atoms with Crippen LogP contribution in [0.2, 0.25) is 0 Å². The Balaban J connectivity index is 2.83. The third kappa shape index (κ3) is 2.85. The van der Waals surface area contributed by atoms with Gasteiger partial charge in [-0.1, -0.05) is 30.3 Å². The fraction of sp³-hybridized carbons (Fsp3) is 0.200. The van der Waals surface area contributed by atoms with Crippen LogP contribution in [0.4, 0.5) is 0 Å². The molecule has 0 unspecified atom stereocenters. The third-order valence-electron chi connectivity index (χ3n) is 1.62. The number of benzene rings is 1. The molecule has 0 atom stereocenters. The molecule has 0 aliphatic carbocycles. The van der Waals surface area contributed by atoms with E-state index in [1.165, 1.54) is 0 Å². The summed E-state index contributed by atoms with van der Waals surface area (Å²) in [5.74, 6) is 0.171. The quantitative estimate of drug-likeness (QED) is 0.430. The Kier molecular flexibility index (Phi) is 3.65. The summed E-state index contributed by atoms with van der Waals surface area (Å²) in [5, 5.41) is 7.96. The zero-order valence-electron chi connectivity index (χ0n) is 8.16. The molecule has 3 nitrogen and oxygen atoms in total. The molecule has 1 aromatic rings. The Morgan fingerprint density at radius 3 is 2.36 bits per heavy atom. The molecular formula is C10H12ClN3. The second-order valence-electron chi connectivity index (χ2n) is 2.99. The molecule has 0 fully saturated rings. The monoisotopic (exact) mass is 209 g/mol. The lowest BCUT2D eigenvalue weighted by molar-refractivity contribution is 0.636. The fourth-order valence-corrected chi connectivity index (χ4v) is 0.937. The van der Waals surface area contributed by atoms with E-state index >= 15 is 0 Å². The number of hydrogen-bond acceptors (Lipinski definition) is 1. The van der Waals surface area contributed by atoms with Gasteiger partial charge in [-0.15, -0.1) is 0 Å². The lowest BCUT2D eigenvalue weighted by Crippen LogP contribution is -2.17. The number of amidine groups is 2. The predicted molar refractivity (Wildman–Crippen MR) is 60.2 cm³/mol. The van der Waals surface area contributed by atoms with Gasteiger partial charge in [-0.3, -0.25) is 5.41 Å². The van der Waals surface area contributed by atoms with Crippen molar-refractivity contribution in [1.82, 2.24) is 4.90 Å². The van der Waals surface area contributed by atoms with Crippen LogP contribution in [0.3, 0.4) is 0 Å². The van der Waals surface area contributed by atoms with Crippen molar-refractivity contribution in [3.8, 4) is 0 Å². The zero-order valence-corrected chi connectivity index (χ0v) is 8.92. The molecular weight excluding hydrogens is 198 g/mol. The summed E-state index contributed by atoms with van der Waals surface area (Å²) in [5.41, 5.74) is 0.757. The smallest absolute Gasteiger partial charge is 0.200 e. The molecule has 0 spiro atoms. The maximum Gasteiger partial charge on any atom is 0.200 e. The molecule has 0 aromatic heterocycles. The van der Waals surface area contributed by atoms with E-state index in [9.17, 15) is 0 Å². The van der Waals surface area contributed by atoms with E-state index in [2.05, 4.69) is 4.99 Å². The topological polar surface area (TPSA) is 39.5 Å². The second-order valence-corrected chi connectivity index (χ2v) is 3.33. The van der Waals surface area contributed by atoms with Gasteiger partial charge in [0.15, 0.2) is 11.1 Å². The van der Waals surface area contributed by atoms with Gasteiger partial charge in [-0.2, -0.15) is 0 Å². The van der Waals surface area contributed by atoms with E-state index in [-0.39, 0.29) is 5.84 Å². The number of hydrogen-bond donors (Lipinski definition) is 1. The predicted octanol–water partition coefficient (Wildman–Crippen LogP) is 2.17. The number of nitrogens with zero attached hydrogens (tertiary/aromatic N) is 2. The molecule has 0 heterocycles. The first-order chi connectivity index (χ1) is 6.61. The van der Waals surface area contributed by atoms with Crippen molar-refractivity contribution >= 4 is 22.7 Å². The van der Waals surface area contributed by atoms with Crippen molar-refractivity contribution in [2.45, 2.75) is 0 Å². The highest BCUT2D eigenvalue weighted by Gasteiger charge is 2.01. The highest BCUT2D eigenvalue weighted by molar-refractivity contribution is 6.65. The van der Waals surface area contributed by atoms with Crippen LogP contribution in [0.5, 0.6) is 0 Å². The molecule has 1 rings (SSSR count). The van der Waals surface area contributed by atoms with E-state index < -0.39 is 0 Å². The van der Waals surface area contributed by atoms with E-state index in [0.717, 1.165) is 5.56 Å². The summed E-state index contributed by atoms with van der Waals surface area (Å²) in [6.07, 6.45) is 0. The van der Waals surface area contributed by atoms with Crippen LogP contribution >= 0.6 is 11.6 Å². The SMILES string of the molecule is CN(C)/C(Cl)=N\C(=N)c1ccccc1.